The van der Waals surface area contributed by atoms with E-state index >= 15 is 0 Å². The van der Waals surface area contributed by atoms with E-state index in [0.29, 0.717) is 16.8 Å². The van der Waals surface area contributed by atoms with E-state index in [1.165, 1.54) is 18.2 Å². The van der Waals surface area contributed by atoms with Crippen molar-refractivity contribution in [3.8, 4) is 5.75 Å². The van der Waals surface area contributed by atoms with Gasteiger partial charge in [0, 0.05) is 10.8 Å². The van der Waals surface area contributed by atoms with E-state index in [2.05, 4.69) is 10.2 Å². The first-order valence-electron chi connectivity index (χ1n) is 9.25. The molecule has 0 saturated heterocycles. The first-order chi connectivity index (χ1) is 15.9. The Balaban J connectivity index is 0.00000342. The summed E-state index contributed by atoms with van der Waals surface area (Å²) in [4.78, 5) is 9.79. The number of fused-ring (bicyclic) bond motifs is 2. The van der Waals surface area contributed by atoms with Crippen LogP contribution in [0.2, 0.25) is 0 Å². The minimum Gasteiger partial charge on any atom is -0.871 e. The van der Waals surface area contributed by atoms with Crippen molar-refractivity contribution in [2.75, 3.05) is 0 Å². The van der Waals surface area contributed by atoms with Crippen molar-refractivity contribution < 1.29 is 58.0 Å². The van der Waals surface area contributed by atoms with Crippen molar-refractivity contribution in [2.45, 2.75) is 9.79 Å². The van der Waals surface area contributed by atoms with Crippen LogP contribution in [0.3, 0.4) is 0 Å². The second-order valence-corrected chi connectivity index (χ2v) is 9.90. The molecule has 1 radical (unpaired) electrons. The minimum absolute atomic E-state index is 0. The van der Waals surface area contributed by atoms with E-state index in [0.717, 1.165) is 18.2 Å². The number of carboxylic acid groups (broad SMARTS) is 1. The molecule has 0 aliphatic rings. The predicted molar refractivity (Wildman–Crippen MR) is 115 cm³/mol. The summed E-state index contributed by atoms with van der Waals surface area (Å²) < 4.78 is 65.4. The summed E-state index contributed by atoms with van der Waals surface area (Å²) >= 11 is 0. The number of carbonyl (C=O) groups excluding carboxylic acids is 1. The van der Waals surface area contributed by atoms with Crippen LogP contribution < -0.4 is 10.2 Å². The van der Waals surface area contributed by atoms with E-state index < -0.39 is 47.3 Å². The molecule has 0 aliphatic heterocycles. The third-order valence-corrected chi connectivity index (χ3v) is 6.64. The van der Waals surface area contributed by atoms with Crippen LogP contribution in [0.15, 0.2) is 80.7 Å². The van der Waals surface area contributed by atoms with Crippen molar-refractivity contribution in [2.24, 2.45) is 10.2 Å². The van der Waals surface area contributed by atoms with E-state index in [4.69, 9.17) is 0 Å². The van der Waals surface area contributed by atoms with Gasteiger partial charge in [0.25, 0.3) is 20.2 Å². The van der Waals surface area contributed by atoms with Gasteiger partial charge in [-0.2, -0.15) is 27.1 Å². The van der Waals surface area contributed by atoms with Crippen molar-refractivity contribution in [3.05, 3.63) is 66.2 Å². The van der Waals surface area contributed by atoms with Gasteiger partial charge in [-0.25, -0.2) is 0 Å². The minimum atomic E-state index is -4.92. The third kappa shape index (κ3) is 5.17. The molecule has 4 aromatic rings. The van der Waals surface area contributed by atoms with E-state index in [1.807, 2.05) is 0 Å². The van der Waals surface area contributed by atoms with Gasteiger partial charge in [0.1, 0.15) is 4.90 Å². The van der Waals surface area contributed by atoms with Gasteiger partial charge in [-0.1, -0.05) is 36.1 Å². The standard InChI is InChI=1S/C21H14N2O9S2.Mn/c24-20-17(21(25)26)8-11-3-1-2-4-15(11)19(20)23-22-13-6-5-12-7-14(33(27,28)29)10-18(16(12)9-13)34(30,31)32;/h1-10,24H,(H,25,26)(H,27,28,29)(H,30,31,32);/q;+2/p-2. The van der Waals surface area contributed by atoms with Crippen LogP contribution in [0.1, 0.15) is 10.4 Å². The molecular formula is C21H12MnN2O9S2. The second kappa shape index (κ2) is 9.34. The molecule has 179 valence electrons. The zero-order chi connectivity index (χ0) is 24.8. The zero-order valence-corrected chi connectivity index (χ0v) is 19.9. The molecule has 0 atom stereocenters. The van der Waals surface area contributed by atoms with Crippen LogP contribution in [0, 0.1) is 0 Å². The fraction of sp³-hybridized carbons (Fsp3) is 0. The van der Waals surface area contributed by atoms with E-state index in [-0.39, 0.29) is 39.2 Å². The van der Waals surface area contributed by atoms with Gasteiger partial charge in [0.15, 0.2) is 0 Å². The maximum atomic E-state index is 12.6. The molecule has 0 spiro atoms. The number of hydrogen-bond acceptors (Lipinski definition) is 9. The molecule has 11 nitrogen and oxygen atoms in total. The number of carboxylic acids is 1. The van der Waals surface area contributed by atoms with Gasteiger partial charge < -0.3 is 15.0 Å². The molecule has 4 rings (SSSR count). The fourth-order valence-corrected chi connectivity index (χ4v) is 4.73. The van der Waals surface area contributed by atoms with Gasteiger partial charge in [0.2, 0.25) is 0 Å². The molecule has 0 aliphatic carbocycles. The molecule has 14 heteroatoms. The van der Waals surface area contributed by atoms with Gasteiger partial charge in [-0.05, 0) is 46.7 Å². The van der Waals surface area contributed by atoms with Gasteiger partial charge in [0.05, 0.1) is 22.2 Å². The van der Waals surface area contributed by atoms with Crippen molar-refractivity contribution in [3.63, 3.8) is 0 Å². The molecule has 2 N–H and O–H groups in total. The quantitative estimate of drug-likeness (QED) is 0.211. The first-order valence-corrected chi connectivity index (χ1v) is 12.1. The summed E-state index contributed by atoms with van der Waals surface area (Å²) in [6.07, 6.45) is 0. The molecule has 0 saturated carbocycles. The smallest absolute Gasteiger partial charge is 0.871 e. The summed E-state index contributed by atoms with van der Waals surface area (Å²) in [5, 5.41) is 32.3. The number of carbonyl (C=O) groups is 1. The Hall–Kier alpha value is -3.39. The van der Waals surface area contributed by atoms with Crippen molar-refractivity contribution >= 4 is 59.1 Å². The number of hydrogen-bond donors (Lipinski definition) is 2. The topological polar surface area (TPSA) is 197 Å². The van der Waals surface area contributed by atoms with Crippen LogP contribution in [0.25, 0.3) is 21.5 Å². The number of nitrogens with zero attached hydrogens (tertiary/aromatic N) is 2. The summed E-state index contributed by atoms with van der Waals surface area (Å²) in [7, 11) is -9.69. The molecule has 35 heavy (non-hydrogen) atoms. The number of azo groups is 1. The number of aromatic carboxylic acids is 1. The van der Waals surface area contributed by atoms with Gasteiger partial charge in [-0.3, -0.25) is 9.11 Å². The summed E-state index contributed by atoms with van der Waals surface area (Å²) in [6, 6.07) is 12.8. The van der Waals surface area contributed by atoms with Crippen molar-refractivity contribution in [1.29, 1.82) is 0 Å². The Morgan fingerprint density at radius 1 is 0.800 bits per heavy atom. The maximum Gasteiger partial charge on any atom is 2.00 e. The molecule has 0 fully saturated rings. The zero-order valence-electron chi connectivity index (χ0n) is 17.1. The fourth-order valence-electron chi connectivity index (χ4n) is 3.38. The van der Waals surface area contributed by atoms with Crippen LogP contribution in [-0.2, 0) is 37.3 Å². The number of benzene rings is 4. The predicted octanol–water partition coefficient (Wildman–Crippen LogP) is 2.34. The summed E-state index contributed by atoms with van der Waals surface area (Å²) in [5.41, 5.74) is -0.897. The number of rotatable bonds is 5. The SMILES string of the molecule is O=C([O-])c1cc2ccccc2c(N=Nc2ccc3cc(S(=O)(=O)O)cc(S(=O)(=O)O)c3c2)c1[O-].[Mn+2]. The normalized spacial score (nSPS) is 12.2. The Labute approximate surface area is 208 Å². The molecule has 0 aromatic heterocycles. The molecular weight excluding hydrogens is 543 g/mol. The average molecular weight is 555 g/mol. The first kappa shape index (κ1) is 26.2. The van der Waals surface area contributed by atoms with Gasteiger partial charge in [-0.15, -0.1) is 0 Å². The van der Waals surface area contributed by atoms with Gasteiger partial charge >= 0.3 is 17.1 Å². The van der Waals surface area contributed by atoms with Crippen LogP contribution in [0.4, 0.5) is 11.4 Å². The molecule has 0 heterocycles. The largest absolute Gasteiger partial charge is 2.00 e. The Morgan fingerprint density at radius 3 is 2.09 bits per heavy atom. The Bertz CT molecular complexity index is 1750. The Morgan fingerprint density at radius 2 is 1.46 bits per heavy atom. The molecule has 4 aromatic carbocycles. The summed E-state index contributed by atoms with van der Waals surface area (Å²) in [5.74, 6) is -2.62. The van der Waals surface area contributed by atoms with Crippen LogP contribution in [-0.4, -0.2) is 31.9 Å². The average Bonchev–Trinajstić information content (AvgIpc) is 2.75. The third-order valence-electron chi connectivity index (χ3n) is 4.91. The Kier molecular flexibility index (Phi) is 6.99. The van der Waals surface area contributed by atoms with E-state index in [1.54, 1.807) is 18.2 Å². The second-order valence-electron chi connectivity index (χ2n) is 7.09. The molecule has 0 amide bonds. The molecule has 0 bridgehead atoms. The monoisotopic (exact) mass is 555 g/mol. The maximum absolute atomic E-state index is 12.6. The van der Waals surface area contributed by atoms with Crippen LogP contribution >= 0.6 is 0 Å². The summed E-state index contributed by atoms with van der Waals surface area (Å²) in [6.45, 7) is 0. The van der Waals surface area contributed by atoms with E-state index in [9.17, 15) is 40.9 Å². The molecule has 0 unspecified atom stereocenters. The van der Waals surface area contributed by atoms with Crippen molar-refractivity contribution in [1.82, 2.24) is 0 Å². The van der Waals surface area contributed by atoms with Crippen LogP contribution in [0.5, 0.6) is 5.75 Å².